The Hall–Kier alpha value is -2.57. The zero-order valence-corrected chi connectivity index (χ0v) is 10.3. The fourth-order valence-corrected chi connectivity index (χ4v) is 1.95. The Morgan fingerprint density at radius 3 is 3.00 bits per heavy atom. The molecule has 3 aromatic heterocycles. The van der Waals surface area contributed by atoms with Gasteiger partial charge in [0.25, 0.3) is 0 Å². The van der Waals surface area contributed by atoms with Crippen molar-refractivity contribution in [3.63, 3.8) is 0 Å². The Balaban J connectivity index is 1.96. The van der Waals surface area contributed by atoms with Crippen molar-refractivity contribution in [1.82, 2.24) is 19.2 Å². The lowest BCUT2D eigenvalue weighted by Crippen LogP contribution is -1.98. The number of aromatic nitrogens is 4. The van der Waals surface area contributed by atoms with Gasteiger partial charge >= 0.3 is 5.97 Å². The number of carboxylic acid groups (broad SMARTS) is 1. The van der Waals surface area contributed by atoms with Gasteiger partial charge in [0, 0.05) is 13.5 Å². The van der Waals surface area contributed by atoms with Crippen LogP contribution in [0.15, 0.2) is 29.0 Å². The first-order chi connectivity index (χ1) is 9.15. The van der Waals surface area contributed by atoms with Crippen LogP contribution in [0.2, 0.25) is 0 Å². The van der Waals surface area contributed by atoms with Gasteiger partial charge in [0.15, 0.2) is 11.6 Å². The minimum Gasteiger partial charge on any atom is -0.481 e. The second-order valence-corrected chi connectivity index (χ2v) is 4.23. The Morgan fingerprint density at radius 1 is 1.53 bits per heavy atom. The Labute approximate surface area is 108 Å². The molecule has 0 aliphatic carbocycles. The molecule has 0 saturated heterocycles. The lowest BCUT2D eigenvalue weighted by Gasteiger charge is -1.95. The normalized spacial score (nSPS) is 11.2. The number of rotatable bonds is 4. The Kier molecular flexibility index (Phi) is 2.59. The molecule has 3 rings (SSSR count). The minimum atomic E-state index is -0.832. The predicted octanol–water partition coefficient (Wildman–Crippen LogP) is 1.34. The van der Waals surface area contributed by atoms with Gasteiger partial charge in [-0.25, -0.2) is 9.50 Å². The van der Waals surface area contributed by atoms with Crippen molar-refractivity contribution in [3.05, 3.63) is 30.3 Å². The van der Waals surface area contributed by atoms with Gasteiger partial charge in [-0.15, -0.1) is 5.10 Å². The SMILES string of the molecule is Cn1c(-c2ccco2)nn2cc(CCC(=O)O)nc12. The number of carbonyl (C=O) groups is 1. The van der Waals surface area contributed by atoms with Crippen molar-refractivity contribution < 1.29 is 14.3 Å². The highest BCUT2D eigenvalue weighted by Gasteiger charge is 2.15. The van der Waals surface area contributed by atoms with Gasteiger partial charge in [-0.3, -0.25) is 9.36 Å². The number of hydrogen-bond acceptors (Lipinski definition) is 4. The molecule has 98 valence electrons. The first-order valence-corrected chi connectivity index (χ1v) is 5.82. The fourth-order valence-electron chi connectivity index (χ4n) is 1.95. The molecule has 0 fully saturated rings. The van der Waals surface area contributed by atoms with Crippen molar-refractivity contribution in [2.45, 2.75) is 12.8 Å². The van der Waals surface area contributed by atoms with Crippen LogP contribution in [-0.4, -0.2) is 30.2 Å². The van der Waals surface area contributed by atoms with Gasteiger partial charge < -0.3 is 9.52 Å². The van der Waals surface area contributed by atoms with Crippen LogP contribution in [0, 0.1) is 0 Å². The highest BCUT2D eigenvalue weighted by atomic mass is 16.4. The smallest absolute Gasteiger partial charge is 0.303 e. The summed E-state index contributed by atoms with van der Waals surface area (Å²) < 4.78 is 8.75. The van der Waals surface area contributed by atoms with Crippen molar-refractivity contribution in [1.29, 1.82) is 0 Å². The number of carboxylic acids is 1. The van der Waals surface area contributed by atoms with E-state index in [0.717, 1.165) is 0 Å². The molecule has 1 N–H and O–H groups in total. The van der Waals surface area contributed by atoms with Crippen LogP contribution in [0.1, 0.15) is 12.1 Å². The molecule has 0 bridgehead atoms. The molecular formula is C12H12N4O3. The summed E-state index contributed by atoms with van der Waals surface area (Å²) in [6.07, 6.45) is 3.79. The maximum absolute atomic E-state index is 10.5. The summed E-state index contributed by atoms with van der Waals surface area (Å²) in [5.74, 6) is 1.17. The lowest BCUT2D eigenvalue weighted by atomic mass is 10.2. The zero-order chi connectivity index (χ0) is 13.4. The topological polar surface area (TPSA) is 85.6 Å². The zero-order valence-electron chi connectivity index (χ0n) is 10.3. The molecule has 19 heavy (non-hydrogen) atoms. The number of nitrogens with zero attached hydrogens (tertiary/aromatic N) is 4. The van der Waals surface area contributed by atoms with E-state index in [9.17, 15) is 4.79 Å². The number of aliphatic carboxylic acids is 1. The molecule has 0 unspecified atom stereocenters. The minimum absolute atomic E-state index is 0.0644. The predicted molar refractivity (Wildman–Crippen MR) is 65.6 cm³/mol. The summed E-state index contributed by atoms with van der Waals surface area (Å²) in [6.45, 7) is 0. The fraction of sp³-hybridized carbons (Fsp3) is 0.250. The van der Waals surface area contributed by atoms with Gasteiger partial charge in [-0.05, 0) is 12.1 Å². The molecule has 7 nitrogen and oxygen atoms in total. The van der Waals surface area contributed by atoms with Crippen molar-refractivity contribution in [2.24, 2.45) is 7.05 Å². The van der Waals surface area contributed by atoms with Crippen LogP contribution in [0.5, 0.6) is 0 Å². The summed E-state index contributed by atoms with van der Waals surface area (Å²) >= 11 is 0. The van der Waals surface area contributed by atoms with E-state index in [-0.39, 0.29) is 6.42 Å². The van der Waals surface area contributed by atoms with Gasteiger partial charge in [0.2, 0.25) is 5.78 Å². The molecule has 0 atom stereocenters. The molecule has 0 saturated carbocycles. The van der Waals surface area contributed by atoms with Crippen LogP contribution in [0.4, 0.5) is 0 Å². The van der Waals surface area contributed by atoms with E-state index in [4.69, 9.17) is 9.52 Å². The average molecular weight is 260 g/mol. The third kappa shape index (κ3) is 1.99. The number of aryl methyl sites for hydroxylation is 2. The summed E-state index contributed by atoms with van der Waals surface area (Å²) in [7, 11) is 1.84. The molecule has 0 spiro atoms. The van der Waals surface area contributed by atoms with Crippen LogP contribution in [-0.2, 0) is 18.3 Å². The average Bonchev–Trinajstić information content (AvgIpc) is 3.05. The number of furan rings is 1. The van der Waals surface area contributed by atoms with Gasteiger partial charge in [0.1, 0.15) is 0 Å². The number of fused-ring (bicyclic) bond motifs is 1. The molecule has 0 aliphatic rings. The molecule has 3 aromatic rings. The lowest BCUT2D eigenvalue weighted by molar-refractivity contribution is -0.136. The number of hydrogen-bond donors (Lipinski definition) is 1. The van der Waals surface area contributed by atoms with E-state index in [1.165, 1.54) is 0 Å². The monoisotopic (exact) mass is 260 g/mol. The second kappa shape index (κ2) is 4.27. The molecule has 7 heteroatoms. The van der Waals surface area contributed by atoms with Crippen LogP contribution < -0.4 is 0 Å². The van der Waals surface area contributed by atoms with Crippen LogP contribution in [0.25, 0.3) is 17.4 Å². The molecular weight excluding hydrogens is 248 g/mol. The third-order valence-corrected chi connectivity index (χ3v) is 2.88. The quantitative estimate of drug-likeness (QED) is 0.765. The van der Waals surface area contributed by atoms with E-state index in [1.807, 2.05) is 17.7 Å². The highest BCUT2D eigenvalue weighted by molar-refractivity contribution is 5.67. The maximum Gasteiger partial charge on any atom is 0.303 e. The Morgan fingerprint density at radius 2 is 2.37 bits per heavy atom. The first kappa shape index (κ1) is 11.5. The first-order valence-electron chi connectivity index (χ1n) is 5.82. The maximum atomic E-state index is 10.5. The molecule has 0 aliphatic heterocycles. The van der Waals surface area contributed by atoms with Crippen LogP contribution in [0.3, 0.4) is 0 Å². The highest BCUT2D eigenvalue weighted by Crippen LogP contribution is 2.19. The van der Waals surface area contributed by atoms with Crippen molar-refractivity contribution in [3.8, 4) is 11.6 Å². The largest absolute Gasteiger partial charge is 0.481 e. The summed E-state index contributed by atoms with van der Waals surface area (Å²) in [6, 6.07) is 3.62. The van der Waals surface area contributed by atoms with E-state index in [1.54, 1.807) is 23.0 Å². The number of imidazole rings is 1. The second-order valence-electron chi connectivity index (χ2n) is 4.23. The summed E-state index contributed by atoms with van der Waals surface area (Å²) in [4.78, 5) is 14.9. The van der Waals surface area contributed by atoms with Gasteiger partial charge in [-0.2, -0.15) is 0 Å². The van der Waals surface area contributed by atoms with E-state index < -0.39 is 5.97 Å². The molecule has 0 aromatic carbocycles. The van der Waals surface area contributed by atoms with Crippen LogP contribution >= 0.6 is 0 Å². The molecule has 3 heterocycles. The Bertz CT molecular complexity index is 724. The summed E-state index contributed by atoms with van der Waals surface area (Å²) in [5.41, 5.74) is 0.714. The van der Waals surface area contributed by atoms with Gasteiger partial charge in [-0.1, -0.05) is 0 Å². The van der Waals surface area contributed by atoms with Crippen molar-refractivity contribution in [2.75, 3.05) is 0 Å². The van der Waals surface area contributed by atoms with Gasteiger partial charge in [0.05, 0.1) is 24.6 Å². The van der Waals surface area contributed by atoms with Crippen molar-refractivity contribution >= 4 is 11.7 Å². The third-order valence-electron chi connectivity index (χ3n) is 2.88. The molecule has 0 radical (unpaired) electrons. The standard InChI is InChI=1S/C12H12N4O3/c1-15-11(9-3-2-6-19-9)14-16-7-8(13-12(15)16)4-5-10(17)18/h2-3,6-7H,4-5H2,1H3,(H,17,18). The van der Waals surface area contributed by atoms with E-state index in [0.29, 0.717) is 29.5 Å². The van der Waals surface area contributed by atoms with E-state index in [2.05, 4.69) is 10.1 Å². The molecule has 0 amide bonds. The summed E-state index contributed by atoms with van der Waals surface area (Å²) in [5, 5.41) is 13.0. The van der Waals surface area contributed by atoms with E-state index >= 15 is 0 Å².